The van der Waals surface area contributed by atoms with Gasteiger partial charge in [0.25, 0.3) is 0 Å². The van der Waals surface area contributed by atoms with E-state index < -0.39 is 5.60 Å². The van der Waals surface area contributed by atoms with Crippen LogP contribution in [-0.2, 0) is 0 Å². The lowest BCUT2D eigenvalue weighted by Crippen LogP contribution is -2.41. The molecule has 5 nitrogen and oxygen atoms in total. The van der Waals surface area contributed by atoms with Crippen LogP contribution in [0.5, 0.6) is 0 Å². The highest BCUT2D eigenvalue weighted by Gasteiger charge is 2.21. The number of piperidine rings is 1. The van der Waals surface area contributed by atoms with E-state index in [9.17, 15) is 5.11 Å². The van der Waals surface area contributed by atoms with Crippen LogP contribution >= 0.6 is 0 Å². The number of rotatable bonds is 9. The maximum Gasteiger partial charge on any atom is 0.191 e. The van der Waals surface area contributed by atoms with E-state index in [2.05, 4.69) is 34.4 Å². The number of aliphatic imine (C=N–C) groups is 1. The third-order valence-electron chi connectivity index (χ3n) is 5.01. The molecule has 3 N–H and O–H groups in total. The zero-order valence-electron chi connectivity index (χ0n) is 15.7. The minimum absolute atomic E-state index is 0.458. The van der Waals surface area contributed by atoms with E-state index in [1.165, 1.54) is 25.9 Å². The molecule has 5 heteroatoms. The first-order valence-electron chi connectivity index (χ1n) is 9.50. The maximum absolute atomic E-state index is 10.3. The molecular weight excluding hydrogens is 288 g/mol. The Bertz CT molecular complexity index is 334. The molecule has 136 valence electrons. The summed E-state index contributed by atoms with van der Waals surface area (Å²) in [5.41, 5.74) is -0.674. The van der Waals surface area contributed by atoms with Crippen LogP contribution in [0, 0.1) is 5.92 Å². The number of aliphatic hydroxyl groups is 1. The van der Waals surface area contributed by atoms with Gasteiger partial charge in [0, 0.05) is 13.1 Å². The molecule has 0 bridgehead atoms. The van der Waals surface area contributed by atoms with E-state index in [1.54, 1.807) is 0 Å². The van der Waals surface area contributed by atoms with Gasteiger partial charge in [0.05, 0.1) is 12.1 Å². The van der Waals surface area contributed by atoms with E-state index >= 15 is 0 Å². The molecule has 0 aliphatic carbocycles. The van der Waals surface area contributed by atoms with Crippen LogP contribution in [0.15, 0.2) is 4.99 Å². The minimum atomic E-state index is -0.674. The third-order valence-corrected chi connectivity index (χ3v) is 5.01. The van der Waals surface area contributed by atoms with Crippen LogP contribution in [0.25, 0.3) is 0 Å². The van der Waals surface area contributed by atoms with Gasteiger partial charge in [-0.3, -0.25) is 4.99 Å². The number of hydrogen-bond donors (Lipinski definition) is 3. The van der Waals surface area contributed by atoms with Crippen molar-refractivity contribution >= 4 is 5.96 Å². The summed E-state index contributed by atoms with van der Waals surface area (Å²) in [5, 5.41) is 17.0. The van der Waals surface area contributed by atoms with Crippen molar-refractivity contribution < 1.29 is 5.11 Å². The number of nitrogens with zero attached hydrogens (tertiary/aromatic N) is 2. The predicted octanol–water partition coefficient (Wildman–Crippen LogP) is 2.21. The van der Waals surface area contributed by atoms with Crippen molar-refractivity contribution in [2.24, 2.45) is 10.9 Å². The zero-order chi connectivity index (χ0) is 17.1. The molecule has 0 radical (unpaired) electrons. The Hall–Kier alpha value is -0.810. The normalized spacial score (nSPS) is 18.2. The van der Waals surface area contributed by atoms with Crippen molar-refractivity contribution in [3.8, 4) is 0 Å². The molecule has 0 spiro atoms. The summed E-state index contributed by atoms with van der Waals surface area (Å²) < 4.78 is 0. The van der Waals surface area contributed by atoms with Crippen LogP contribution in [0.3, 0.4) is 0 Å². The second-order valence-electron chi connectivity index (χ2n) is 6.93. The lowest BCUT2D eigenvalue weighted by molar-refractivity contribution is 0.0418. The molecule has 0 aromatic carbocycles. The van der Waals surface area contributed by atoms with Crippen LogP contribution in [-0.4, -0.2) is 60.8 Å². The summed E-state index contributed by atoms with van der Waals surface area (Å²) in [7, 11) is 0. The van der Waals surface area contributed by atoms with Gasteiger partial charge in [-0.2, -0.15) is 0 Å². The van der Waals surface area contributed by atoms with Gasteiger partial charge >= 0.3 is 0 Å². The van der Waals surface area contributed by atoms with Crippen LogP contribution in [0.1, 0.15) is 59.8 Å². The van der Waals surface area contributed by atoms with Crippen molar-refractivity contribution in [1.29, 1.82) is 0 Å². The van der Waals surface area contributed by atoms with Crippen molar-refractivity contribution in [3.05, 3.63) is 0 Å². The van der Waals surface area contributed by atoms with Crippen LogP contribution < -0.4 is 10.6 Å². The highest BCUT2D eigenvalue weighted by molar-refractivity contribution is 5.79. The summed E-state index contributed by atoms with van der Waals surface area (Å²) in [6.45, 7) is 14.3. The monoisotopic (exact) mass is 326 g/mol. The van der Waals surface area contributed by atoms with Gasteiger partial charge in [-0.1, -0.05) is 20.8 Å². The van der Waals surface area contributed by atoms with E-state index in [0.717, 1.165) is 50.8 Å². The van der Waals surface area contributed by atoms with Crippen molar-refractivity contribution in [3.63, 3.8) is 0 Å². The fourth-order valence-corrected chi connectivity index (χ4v) is 2.84. The maximum atomic E-state index is 10.3. The molecule has 1 rings (SSSR count). The molecule has 0 saturated carbocycles. The van der Waals surface area contributed by atoms with Gasteiger partial charge < -0.3 is 20.6 Å². The highest BCUT2D eigenvalue weighted by Crippen LogP contribution is 2.16. The molecule has 1 aliphatic rings. The Balaban J connectivity index is 2.29. The molecule has 23 heavy (non-hydrogen) atoms. The largest absolute Gasteiger partial charge is 0.388 e. The van der Waals surface area contributed by atoms with Gasteiger partial charge in [0.15, 0.2) is 5.96 Å². The summed E-state index contributed by atoms with van der Waals surface area (Å²) in [4.78, 5) is 7.12. The predicted molar refractivity (Wildman–Crippen MR) is 99.0 cm³/mol. The van der Waals surface area contributed by atoms with Gasteiger partial charge in [-0.15, -0.1) is 0 Å². The fraction of sp³-hybridized carbons (Fsp3) is 0.944. The average Bonchev–Trinajstić information content (AvgIpc) is 2.57. The first kappa shape index (κ1) is 20.2. The lowest BCUT2D eigenvalue weighted by atomic mass is 9.98. The van der Waals surface area contributed by atoms with Crippen molar-refractivity contribution in [1.82, 2.24) is 15.5 Å². The van der Waals surface area contributed by atoms with Crippen molar-refractivity contribution in [2.45, 2.75) is 65.4 Å². The smallest absolute Gasteiger partial charge is 0.191 e. The average molecular weight is 327 g/mol. The second kappa shape index (κ2) is 10.9. The Morgan fingerprint density at radius 2 is 1.83 bits per heavy atom. The van der Waals surface area contributed by atoms with Crippen LogP contribution in [0.2, 0.25) is 0 Å². The van der Waals surface area contributed by atoms with E-state index in [0.29, 0.717) is 6.54 Å². The highest BCUT2D eigenvalue weighted by atomic mass is 16.3. The summed E-state index contributed by atoms with van der Waals surface area (Å²) in [6, 6.07) is 0. The SMILES string of the molecule is CCNC(=NCC(O)(CC)CC)NCCCN1CCC(C)CC1. The number of nitrogens with one attached hydrogen (secondary N) is 2. The van der Waals surface area contributed by atoms with Gasteiger partial charge in [0.1, 0.15) is 0 Å². The molecule has 1 fully saturated rings. The zero-order valence-corrected chi connectivity index (χ0v) is 15.7. The molecule has 0 amide bonds. The first-order valence-corrected chi connectivity index (χ1v) is 9.50. The third kappa shape index (κ3) is 8.02. The molecule has 1 heterocycles. The van der Waals surface area contributed by atoms with Crippen LogP contribution in [0.4, 0.5) is 0 Å². The topological polar surface area (TPSA) is 59.9 Å². The molecular formula is C18H38N4O. The Kier molecular flexibility index (Phi) is 9.56. The Morgan fingerprint density at radius 3 is 2.39 bits per heavy atom. The Labute approximate surface area is 142 Å². The van der Waals surface area contributed by atoms with Crippen molar-refractivity contribution in [2.75, 3.05) is 39.3 Å². The molecule has 0 aromatic heterocycles. The summed E-state index contributed by atoms with van der Waals surface area (Å²) in [6.07, 6.45) is 5.28. The standard InChI is InChI=1S/C18H38N4O/c1-5-18(23,6-2)15-21-17(19-7-3)20-11-8-12-22-13-9-16(4)10-14-22/h16,23H,5-15H2,1-4H3,(H2,19,20,21). The minimum Gasteiger partial charge on any atom is -0.388 e. The van der Waals surface area contributed by atoms with Gasteiger partial charge in [-0.05, 0) is 64.6 Å². The number of hydrogen-bond acceptors (Lipinski definition) is 3. The lowest BCUT2D eigenvalue weighted by Gasteiger charge is -2.30. The summed E-state index contributed by atoms with van der Waals surface area (Å²) in [5.74, 6) is 1.72. The second-order valence-corrected chi connectivity index (χ2v) is 6.93. The first-order chi connectivity index (χ1) is 11.0. The molecule has 0 unspecified atom stereocenters. The summed E-state index contributed by atoms with van der Waals surface area (Å²) >= 11 is 0. The number of guanidine groups is 1. The molecule has 1 aliphatic heterocycles. The van der Waals surface area contributed by atoms with Gasteiger partial charge in [0.2, 0.25) is 0 Å². The molecule has 0 atom stereocenters. The fourth-order valence-electron chi connectivity index (χ4n) is 2.84. The van der Waals surface area contributed by atoms with E-state index in [1.807, 2.05) is 13.8 Å². The Morgan fingerprint density at radius 1 is 1.17 bits per heavy atom. The quantitative estimate of drug-likeness (QED) is 0.345. The molecule has 1 saturated heterocycles. The number of likely N-dealkylation sites (tertiary alicyclic amines) is 1. The van der Waals surface area contributed by atoms with Gasteiger partial charge in [-0.25, -0.2) is 0 Å². The molecule has 0 aromatic rings. The van der Waals surface area contributed by atoms with E-state index in [4.69, 9.17) is 0 Å². The van der Waals surface area contributed by atoms with E-state index in [-0.39, 0.29) is 0 Å².